The molecule has 1 fully saturated rings. The van der Waals surface area contributed by atoms with E-state index in [4.69, 9.17) is 9.47 Å². The maximum atomic E-state index is 12.9. The molecule has 1 aliphatic heterocycles. The van der Waals surface area contributed by atoms with Crippen LogP contribution in [0, 0.1) is 0 Å². The third-order valence-corrected chi connectivity index (χ3v) is 7.74. The molecule has 2 aromatic carbocycles. The van der Waals surface area contributed by atoms with Crippen molar-refractivity contribution in [1.29, 1.82) is 0 Å². The predicted molar refractivity (Wildman–Crippen MR) is 128 cm³/mol. The Kier molecular flexibility index (Phi) is 7.32. The zero-order valence-electron chi connectivity index (χ0n) is 19.4. The highest BCUT2D eigenvalue weighted by atomic mass is 32.2. The van der Waals surface area contributed by atoms with Gasteiger partial charge in [-0.05, 0) is 37.5 Å². The minimum atomic E-state index is -3.53. The zero-order valence-corrected chi connectivity index (χ0v) is 20.2. The highest BCUT2D eigenvalue weighted by Crippen LogP contribution is 2.26. The number of methoxy groups -OCH3 is 2. The molecule has 0 radical (unpaired) electrons. The average molecular weight is 488 g/mol. The summed E-state index contributed by atoms with van der Waals surface area (Å²) in [7, 11) is -0.426. The molecule has 34 heavy (non-hydrogen) atoms. The van der Waals surface area contributed by atoms with Gasteiger partial charge >= 0.3 is 0 Å². The van der Waals surface area contributed by atoms with E-state index in [0.717, 1.165) is 24.8 Å². The van der Waals surface area contributed by atoms with Gasteiger partial charge < -0.3 is 14.8 Å². The van der Waals surface area contributed by atoms with Gasteiger partial charge in [-0.2, -0.15) is 4.31 Å². The van der Waals surface area contributed by atoms with Crippen LogP contribution < -0.4 is 14.8 Å². The van der Waals surface area contributed by atoms with Crippen LogP contribution >= 0.6 is 0 Å². The minimum Gasteiger partial charge on any atom is -0.497 e. The van der Waals surface area contributed by atoms with Crippen LogP contribution in [0.3, 0.4) is 0 Å². The van der Waals surface area contributed by atoms with Crippen molar-refractivity contribution in [1.82, 2.24) is 19.3 Å². The summed E-state index contributed by atoms with van der Waals surface area (Å²) in [6, 6.07) is 10.1. The van der Waals surface area contributed by atoms with E-state index in [2.05, 4.69) is 15.6 Å². The van der Waals surface area contributed by atoms with Crippen LogP contribution in [-0.2, 0) is 21.4 Å². The van der Waals surface area contributed by atoms with Crippen molar-refractivity contribution in [3.63, 3.8) is 0 Å². The molecule has 11 heteroatoms. The number of benzene rings is 2. The Morgan fingerprint density at radius 2 is 1.74 bits per heavy atom. The van der Waals surface area contributed by atoms with E-state index in [1.807, 2.05) is 0 Å². The first-order valence-corrected chi connectivity index (χ1v) is 12.7. The van der Waals surface area contributed by atoms with Gasteiger partial charge in [-0.1, -0.05) is 11.6 Å². The molecule has 1 amide bonds. The summed E-state index contributed by atoms with van der Waals surface area (Å²) < 4.78 is 39.5. The Balaban J connectivity index is 1.37. The van der Waals surface area contributed by atoms with Crippen LogP contribution in [0.25, 0.3) is 11.0 Å². The molecule has 3 aromatic rings. The second-order valence-corrected chi connectivity index (χ2v) is 10.1. The van der Waals surface area contributed by atoms with E-state index in [0.29, 0.717) is 48.8 Å². The number of hydrogen-bond acceptors (Lipinski definition) is 7. The number of piperidine rings is 1. The topological polar surface area (TPSA) is 116 Å². The number of anilines is 1. The first-order chi connectivity index (χ1) is 16.4. The van der Waals surface area contributed by atoms with Gasteiger partial charge in [-0.3, -0.25) is 4.79 Å². The quantitative estimate of drug-likeness (QED) is 0.493. The third kappa shape index (κ3) is 5.31. The summed E-state index contributed by atoms with van der Waals surface area (Å²) >= 11 is 0. The van der Waals surface area contributed by atoms with Crippen molar-refractivity contribution >= 4 is 32.7 Å². The lowest BCUT2D eigenvalue weighted by Gasteiger charge is -2.25. The van der Waals surface area contributed by atoms with Crippen LogP contribution in [0.15, 0.2) is 41.3 Å². The molecule has 1 aliphatic rings. The van der Waals surface area contributed by atoms with Gasteiger partial charge in [0.05, 0.1) is 24.6 Å². The highest BCUT2D eigenvalue weighted by molar-refractivity contribution is 7.89. The maximum absolute atomic E-state index is 12.9. The van der Waals surface area contributed by atoms with Gasteiger partial charge in [0.15, 0.2) is 0 Å². The van der Waals surface area contributed by atoms with Gasteiger partial charge in [0, 0.05) is 49.9 Å². The number of nitrogens with one attached hydrogen (secondary N) is 1. The molecule has 4 rings (SSSR count). The van der Waals surface area contributed by atoms with Crippen molar-refractivity contribution in [2.45, 2.75) is 43.5 Å². The fourth-order valence-electron chi connectivity index (χ4n) is 4.02. The lowest BCUT2D eigenvalue weighted by atomic mass is 10.2. The second kappa shape index (κ2) is 10.4. The van der Waals surface area contributed by atoms with Crippen LogP contribution in [-0.4, -0.2) is 60.9 Å². The fourth-order valence-corrected chi connectivity index (χ4v) is 5.56. The summed E-state index contributed by atoms with van der Waals surface area (Å²) in [5, 5.41) is 11.1. The van der Waals surface area contributed by atoms with E-state index < -0.39 is 10.0 Å². The first-order valence-electron chi connectivity index (χ1n) is 11.3. The van der Waals surface area contributed by atoms with Gasteiger partial charge in [0.25, 0.3) is 0 Å². The van der Waals surface area contributed by atoms with E-state index >= 15 is 0 Å². The molecule has 0 bridgehead atoms. The molecule has 182 valence electrons. The summed E-state index contributed by atoms with van der Waals surface area (Å²) in [5.74, 6) is 1.03. The molecule has 0 aliphatic carbocycles. The van der Waals surface area contributed by atoms with Crippen LogP contribution in [0.2, 0.25) is 0 Å². The van der Waals surface area contributed by atoms with Crippen LogP contribution in [0.4, 0.5) is 5.69 Å². The molecular weight excluding hydrogens is 458 g/mol. The van der Waals surface area contributed by atoms with E-state index in [-0.39, 0.29) is 17.2 Å². The fraction of sp³-hybridized carbons (Fsp3) is 0.435. The molecule has 0 saturated carbocycles. The Bertz CT molecular complexity index is 1250. The molecule has 2 heterocycles. The number of sulfonamides is 1. The normalized spacial score (nSPS) is 14.8. The van der Waals surface area contributed by atoms with Gasteiger partial charge in [-0.25, -0.2) is 13.1 Å². The number of nitrogens with zero attached hydrogens (tertiary/aromatic N) is 4. The van der Waals surface area contributed by atoms with Crippen molar-refractivity contribution in [3.05, 3.63) is 36.4 Å². The number of hydrogen-bond donors (Lipinski definition) is 1. The number of aryl methyl sites for hydroxylation is 1. The van der Waals surface area contributed by atoms with Crippen molar-refractivity contribution in [3.8, 4) is 11.5 Å². The SMILES string of the molecule is COc1cc(NC(=O)CCCn2nnc3cc(S(=O)(=O)N4CCCCC4)ccc32)cc(OC)c1. The van der Waals surface area contributed by atoms with Crippen molar-refractivity contribution in [2.24, 2.45) is 0 Å². The maximum Gasteiger partial charge on any atom is 0.243 e. The Hall–Kier alpha value is -3.18. The monoisotopic (exact) mass is 487 g/mol. The van der Waals surface area contributed by atoms with Crippen LogP contribution in [0.1, 0.15) is 32.1 Å². The molecule has 0 unspecified atom stereocenters. The number of carbonyl (C=O) groups excluding carboxylic acids is 1. The molecular formula is C23H29N5O5S. The molecule has 10 nitrogen and oxygen atoms in total. The Morgan fingerprint density at radius 1 is 1.03 bits per heavy atom. The number of carbonyl (C=O) groups is 1. The van der Waals surface area contributed by atoms with Gasteiger partial charge in [-0.15, -0.1) is 5.10 Å². The summed E-state index contributed by atoms with van der Waals surface area (Å²) in [5.41, 5.74) is 1.84. The first kappa shape index (κ1) is 24.0. The Labute approximate surface area is 198 Å². The zero-order chi connectivity index (χ0) is 24.1. The number of amides is 1. The van der Waals surface area contributed by atoms with E-state index in [1.54, 1.807) is 59.6 Å². The smallest absolute Gasteiger partial charge is 0.243 e. The van der Waals surface area contributed by atoms with Crippen molar-refractivity contribution < 1.29 is 22.7 Å². The Morgan fingerprint density at radius 3 is 2.41 bits per heavy atom. The molecule has 1 aromatic heterocycles. The van der Waals surface area contributed by atoms with Crippen molar-refractivity contribution in [2.75, 3.05) is 32.6 Å². The molecule has 1 N–H and O–H groups in total. The third-order valence-electron chi connectivity index (χ3n) is 5.85. The van der Waals surface area contributed by atoms with Crippen LogP contribution in [0.5, 0.6) is 11.5 Å². The lowest BCUT2D eigenvalue weighted by Crippen LogP contribution is -2.35. The molecule has 0 atom stereocenters. The number of ether oxygens (including phenoxy) is 2. The number of aromatic nitrogens is 3. The minimum absolute atomic E-state index is 0.144. The summed E-state index contributed by atoms with van der Waals surface area (Å²) in [6.45, 7) is 1.58. The standard InChI is InChI=1S/C23H29N5O5S/c1-32-18-13-17(14-19(15-18)33-2)24-23(29)7-6-12-28-22-9-8-20(16-21(22)25-26-28)34(30,31)27-10-4-3-5-11-27/h8-9,13-16H,3-7,10-12H2,1-2H3,(H,24,29). The molecule has 1 saturated heterocycles. The predicted octanol–water partition coefficient (Wildman–Crippen LogP) is 3.04. The number of rotatable bonds is 9. The number of fused-ring (bicyclic) bond motifs is 1. The highest BCUT2D eigenvalue weighted by Gasteiger charge is 2.26. The summed E-state index contributed by atoms with van der Waals surface area (Å²) in [4.78, 5) is 12.6. The summed E-state index contributed by atoms with van der Waals surface area (Å²) in [6.07, 6.45) is 3.65. The van der Waals surface area contributed by atoms with E-state index in [9.17, 15) is 13.2 Å². The second-order valence-electron chi connectivity index (χ2n) is 8.18. The van der Waals surface area contributed by atoms with Gasteiger partial charge in [0.2, 0.25) is 15.9 Å². The lowest BCUT2D eigenvalue weighted by molar-refractivity contribution is -0.116. The van der Waals surface area contributed by atoms with E-state index in [1.165, 1.54) is 0 Å². The van der Waals surface area contributed by atoms with Gasteiger partial charge in [0.1, 0.15) is 17.0 Å². The largest absolute Gasteiger partial charge is 0.497 e. The molecule has 0 spiro atoms. The average Bonchev–Trinajstić information content (AvgIpc) is 3.26.